The second-order valence-corrected chi connectivity index (χ2v) is 7.03. The molecule has 2 aromatic carbocycles. The summed E-state index contributed by atoms with van der Waals surface area (Å²) in [5.41, 5.74) is 2.85. The largest absolute Gasteiger partial charge is 0.447 e. The third-order valence-electron chi connectivity index (χ3n) is 3.67. The molecule has 3 rings (SSSR count). The van der Waals surface area contributed by atoms with E-state index in [1.807, 2.05) is 53.1 Å². The van der Waals surface area contributed by atoms with E-state index in [4.69, 9.17) is 21.6 Å². The number of nitriles is 1. The average molecular weight is 386 g/mol. The lowest BCUT2D eigenvalue weighted by atomic mass is 10.2. The number of benzene rings is 2. The molecule has 0 saturated heterocycles. The summed E-state index contributed by atoms with van der Waals surface area (Å²) in [5.74, 6) is -0.363. The van der Waals surface area contributed by atoms with Crippen LogP contribution in [-0.4, -0.2) is 27.4 Å². The van der Waals surface area contributed by atoms with Crippen molar-refractivity contribution in [3.63, 3.8) is 0 Å². The van der Waals surface area contributed by atoms with E-state index in [2.05, 4.69) is 4.98 Å². The minimum Gasteiger partial charge on any atom is -0.447 e. The molecule has 1 heterocycles. The number of carbonyl (C=O) groups excluding carboxylic acids is 1. The molecule has 5 nitrogen and oxygen atoms in total. The third-order valence-corrected chi connectivity index (χ3v) is 4.85. The fourth-order valence-electron chi connectivity index (χ4n) is 2.49. The van der Waals surface area contributed by atoms with E-state index in [-0.39, 0.29) is 5.75 Å². The summed E-state index contributed by atoms with van der Waals surface area (Å²) in [4.78, 5) is 16.5. The van der Waals surface area contributed by atoms with Gasteiger partial charge in [0.1, 0.15) is 6.07 Å². The molecule has 0 fully saturated rings. The van der Waals surface area contributed by atoms with Gasteiger partial charge < -0.3 is 9.30 Å². The van der Waals surface area contributed by atoms with Gasteiger partial charge in [0.15, 0.2) is 11.3 Å². The number of hydrogen-bond acceptors (Lipinski definition) is 5. The van der Waals surface area contributed by atoms with Crippen molar-refractivity contribution in [2.24, 2.45) is 0 Å². The predicted molar refractivity (Wildman–Crippen MR) is 102 cm³/mol. The van der Waals surface area contributed by atoms with Gasteiger partial charge in [-0.15, -0.1) is 0 Å². The zero-order chi connectivity index (χ0) is 18.5. The number of fused-ring (bicyclic) bond motifs is 1. The van der Waals surface area contributed by atoms with Gasteiger partial charge in [-0.25, -0.2) is 4.98 Å². The van der Waals surface area contributed by atoms with E-state index in [1.165, 1.54) is 18.7 Å². The maximum atomic E-state index is 11.9. The Morgan fingerprint density at radius 3 is 2.85 bits per heavy atom. The molecule has 0 radical (unpaired) electrons. The summed E-state index contributed by atoms with van der Waals surface area (Å²) in [7, 11) is 0. The zero-order valence-corrected chi connectivity index (χ0v) is 15.6. The van der Waals surface area contributed by atoms with Crippen LogP contribution >= 0.6 is 23.4 Å². The van der Waals surface area contributed by atoms with Crippen molar-refractivity contribution in [1.29, 1.82) is 5.26 Å². The molecule has 0 spiro atoms. The van der Waals surface area contributed by atoms with Crippen LogP contribution in [0.2, 0.25) is 5.02 Å². The average Bonchev–Trinajstić information content (AvgIpc) is 2.97. The van der Waals surface area contributed by atoms with Crippen LogP contribution in [0.5, 0.6) is 0 Å². The first kappa shape index (κ1) is 18.3. The third kappa shape index (κ3) is 4.37. The van der Waals surface area contributed by atoms with Gasteiger partial charge in [0.2, 0.25) is 0 Å². The van der Waals surface area contributed by atoms with Gasteiger partial charge in [-0.3, -0.25) is 4.79 Å². The van der Waals surface area contributed by atoms with Gasteiger partial charge in [-0.2, -0.15) is 5.26 Å². The van der Waals surface area contributed by atoms with Crippen LogP contribution < -0.4 is 0 Å². The van der Waals surface area contributed by atoms with E-state index in [9.17, 15) is 4.79 Å². The summed E-state index contributed by atoms with van der Waals surface area (Å²) < 4.78 is 7.04. The highest BCUT2D eigenvalue weighted by Gasteiger charge is 2.15. The van der Waals surface area contributed by atoms with Crippen molar-refractivity contribution in [1.82, 2.24) is 9.55 Å². The highest BCUT2D eigenvalue weighted by Crippen LogP contribution is 2.27. The van der Waals surface area contributed by atoms with Gasteiger partial charge in [-0.05, 0) is 30.7 Å². The molecule has 0 aliphatic carbocycles. The molecule has 0 N–H and O–H groups in total. The maximum absolute atomic E-state index is 11.9. The van der Waals surface area contributed by atoms with Crippen LogP contribution in [0, 0.1) is 11.3 Å². The van der Waals surface area contributed by atoms with Crippen molar-refractivity contribution in [2.45, 2.75) is 24.7 Å². The molecule has 0 amide bonds. The Hall–Kier alpha value is -2.49. The number of aromatic nitrogens is 2. The monoisotopic (exact) mass is 385 g/mol. The van der Waals surface area contributed by atoms with E-state index in [1.54, 1.807) is 6.07 Å². The van der Waals surface area contributed by atoms with Crippen LogP contribution in [0.4, 0.5) is 0 Å². The second-order valence-electron chi connectivity index (χ2n) is 5.65. The fraction of sp³-hybridized carbons (Fsp3) is 0.211. The number of esters is 1. The number of nitrogens with zero attached hydrogens (tertiary/aromatic N) is 3. The molecule has 0 aliphatic heterocycles. The van der Waals surface area contributed by atoms with Crippen molar-refractivity contribution < 1.29 is 9.53 Å². The molecule has 1 atom stereocenters. The second kappa shape index (κ2) is 8.26. The zero-order valence-electron chi connectivity index (χ0n) is 14.1. The van der Waals surface area contributed by atoms with Crippen LogP contribution in [0.1, 0.15) is 12.5 Å². The summed E-state index contributed by atoms with van der Waals surface area (Å²) in [6.07, 6.45) is -0.759. The lowest BCUT2D eigenvalue weighted by Gasteiger charge is -2.09. The van der Waals surface area contributed by atoms with Gasteiger partial charge in [0, 0.05) is 5.02 Å². The highest BCUT2D eigenvalue weighted by atomic mass is 35.5. The Morgan fingerprint density at radius 2 is 2.12 bits per heavy atom. The molecular formula is C19H16ClN3O2S. The van der Waals surface area contributed by atoms with E-state index in [0.29, 0.717) is 16.7 Å². The summed E-state index contributed by atoms with van der Waals surface area (Å²) in [6, 6.07) is 17.5. The van der Waals surface area contributed by atoms with Crippen LogP contribution in [0.15, 0.2) is 53.7 Å². The SMILES string of the molecule is C[C@@H](C#N)OC(=O)CSc1nc2cc(Cl)ccc2n1Cc1ccccc1. The number of halogens is 1. The Balaban J connectivity index is 1.87. The fourth-order valence-corrected chi connectivity index (χ4v) is 3.45. The van der Waals surface area contributed by atoms with Gasteiger partial charge in [0.25, 0.3) is 0 Å². The minimum absolute atomic E-state index is 0.0812. The van der Waals surface area contributed by atoms with Crippen molar-refractivity contribution in [3.8, 4) is 6.07 Å². The molecule has 0 bridgehead atoms. The van der Waals surface area contributed by atoms with Crippen LogP contribution in [0.3, 0.4) is 0 Å². The molecule has 132 valence electrons. The Kier molecular flexibility index (Phi) is 5.82. The summed E-state index contributed by atoms with van der Waals surface area (Å²) in [5, 5.41) is 10.0. The maximum Gasteiger partial charge on any atom is 0.317 e. The molecule has 0 unspecified atom stereocenters. The number of carbonyl (C=O) groups is 1. The van der Waals surface area contributed by atoms with Crippen molar-refractivity contribution >= 4 is 40.4 Å². The van der Waals surface area contributed by atoms with Crippen LogP contribution in [-0.2, 0) is 16.1 Å². The quantitative estimate of drug-likeness (QED) is 0.467. The number of imidazole rings is 1. The van der Waals surface area contributed by atoms with E-state index in [0.717, 1.165) is 16.6 Å². The number of thioether (sulfide) groups is 1. The van der Waals surface area contributed by atoms with Gasteiger partial charge in [0.05, 0.1) is 23.3 Å². The summed E-state index contributed by atoms with van der Waals surface area (Å²) in [6.45, 7) is 2.17. The lowest BCUT2D eigenvalue weighted by molar-refractivity contribution is -0.142. The highest BCUT2D eigenvalue weighted by molar-refractivity contribution is 7.99. The van der Waals surface area contributed by atoms with Crippen molar-refractivity contribution in [2.75, 3.05) is 5.75 Å². The molecular weight excluding hydrogens is 370 g/mol. The summed E-state index contributed by atoms with van der Waals surface area (Å²) >= 11 is 7.36. The number of rotatable bonds is 6. The Bertz CT molecular complexity index is 966. The first-order chi connectivity index (χ1) is 12.6. The molecule has 7 heteroatoms. The molecule has 0 aliphatic rings. The molecule has 0 saturated carbocycles. The number of hydrogen-bond donors (Lipinski definition) is 0. The first-order valence-electron chi connectivity index (χ1n) is 7.98. The van der Waals surface area contributed by atoms with Gasteiger partial charge >= 0.3 is 5.97 Å². The standard InChI is InChI=1S/C19H16ClN3O2S/c1-13(10-21)25-18(24)12-26-19-22-16-9-15(20)7-8-17(16)23(19)11-14-5-3-2-4-6-14/h2-9,13H,11-12H2,1H3/t13-/m0/s1. The molecule has 1 aromatic heterocycles. The van der Waals surface area contributed by atoms with E-state index >= 15 is 0 Å². The minimum atomic E-state index is -0.759. The molecule has 26 heavy (non-hydrogen) atoms. The normalized spacial score (nSPS) is 11.9. The van der Waals surface area contributed by atoms with Crippen LogP contribution in [0.25, 0.3) is 11.0 Å². The topological polar surface area (TPSA) is 67.9 Å². The Labute approximate surface area is 160 Å². The first-order valence-corrected chi connectivity index (χ1v) is 9.35. The van der Waals surface area contributed by atoms with Crippen molar-refractivity contribution in [3.05, 3.63) is 59.1 Å². The Morgan fingerprint density at radius 1 is 1.35 bits per heavy atom. The molecule has 3 aromatic rings. The smallest absolute Gasteiger partial charge is 0.317 e. The number of ether oxygens (including phenoxy) is 1. The lowest BCUT2D eigenvalue weighted by Crippen LogP contribution is -2.15. The predicted octanol–water partition coefficient (Wildman–Crippen LogP) is 4.29. The van der Waals surface area contributed by atoms with Gasteiger partial charge in [-0.1, -0.05) is 53.7 Å². The van der Waals surface area contributed by atoms with E-state index < -0.39 is 12.1 Å².